The first-order chi connectivity index (χ1) is 15.0. The highest BCUT2D eigenvalue weighted by atomic mass is 16.5. The van der Waals surface area contributed by atoms with Crippen molar-refractivity contribution >= 4 is 22.9 Å². The van der Waals surface area contributed by atoms with E-state index in [1.807, 2.05) is 6.92 Å². The van der Waals surface area contributed by atoms with Crippen LogP contribution in [-0.2, 0) is 9.53 Å². The lowest BCUT2D eigenvalue weighted by Crippen LogP contribution is -2.11. The molecular weight excluding hydrogens is 400 g/mol. The number of benzene rings is 2. The van der Waals surface area contributed by atoms with Gasteiger partial charge in [0.15, 0.2) is 0 Å². The average Bonchev–Trinajstić information content (AvgIpc) is 3.61. The summed E-state index contributed by atoms with van der Waals surface area (Å²) in [6.45, 7) is 3.90. The van der Waals surface area contributed by atoms with Crippen molar-refractivity contribution < 1.29 is 28.2 Å². The minimum Gasteiger partial charge on any atom is -0.462 e. The second-order valence-corrected chi connectivity index (χ2v) is 7.43. The summed E-state index contributed by atoms with van der Waals surface area (Å²) < 4.78 is 21.9. The fourth-order valence-electron chi connectivity index (χ4n) is 3.02. The van der Waals surface area contributed by atoms with Crippen molar-refractivity contribution in [1.29, 1.82) is 0 Å². The van der Waals surface area contributed by atoms with E-state index in [0.29, 0.717) is 34.6 Å². The van der Waals surface area contributed by atoms with E-state index in [0.717, 1.165) is 19.3 Å². The van der Waals surface area contributed by atoms with Crippen LogP contribution in [0.3, 0.4) is 0 Å². The molecule has 160 valence electrons. The quantitative estimate of drug-likeness (QED) is 0.400. The van der Waals surface area contributed by atoms with Gasteiger partial charge in [-0.2, -0.15) is 0 Å². The van der Waals surface area contributed by atoms with Gasteiger partial charge in [-0.05, 0) is 62.6 Å². The van der Waals surface area contributed by atoms with Crippen LogP contribution in [0.2, 0.25) is 0 Å². The van der Waals surface area contributed by atoms with Crippen molar-refractivity contribution in [3.8, 4) is 17.2 Å². The van der Waals surface area contributed by atoms with Gasteiger partial charge >= 0.3 is 11.9 Å². The topological polar surface area (TPSA) is 92.0 Å². The van der Waals surface area contributed by atoms with Crippen LogP contribution >= 0.6 is 0 Å². The Morgan fingerprint density at radius 1 is 1.06 bits per heavy atom. The molecule has 1 saturated carbocycles. The smallest absolute Gasteiger partial charge is 0.338 e. The third-order valence-corrected chi connectivity index (χ3v) is 4.86. The third-order valence-electron chi connectivity index (χ3n) is 4.86. The average molecular weight is 422 g/mol. The Kier molecular flexibility index (Phi) is 5.75. The monoisotopic (exact) mass is 422 g/mol. The number of hydrogen-bond donors (Lipinski definition) is 0. The molecule has 0 radical (unpaired) electrons. The van der Waals surface area contributed by atoms with E-state index in [1.54, 1.807) is 43.3 Å². The number of rotatable bonds is 7. The van der Waals surface area contributed by atoms with Gasteiger partial charge in [0.25, 0.3) is 0 Å². The second kappa shape index (κ2) is 8.63. The summed E-state index contributed by atoms with van der Waals surface area (Å²) in [4.78, 5) is 36.7. The zero-order valence-corrected chi connectivity index (χ0v) is 17.3. The van der Waals surface area contributed by atoms with Crippen LogP contribution in [0.25, 0.3) is 11.0 Å². The summed E-state index contributed by atoms with van der Waals surface area (Å²) in [7, 11) is 0. The van der Waals surface area contributed by atoms with E-state index in [-0.39, 0.29) is 28.8 Å². The Morgan fingerprint density at radius 3 is 2.45 bits per heavy atom. The maximum Gasteiger partial charge on any atom is 0.338 e. The van der Waals surface area contributed by atoms with E-state index in [4.69, 9.17) is 18.6 Å². The van der Waals surface area contributed by atoms with E-state index < -0.39 is 5.97 Å². The van der Waals surface area contributed by atoms with Gasteiger partial charge in [-0.25, -0.2) is 4.79 Å². The van der Waals surface area contributed by atoms with E-state index in [2.05, 4.69) is 0 Å². The summed E-state index contributed by atoms with van der Waals surface area (Å²) in [5.74, 6) is 0.363. The van der Waals surface area contributed by atoms with Crippen molar-refractivity contribution in [3.63, 3.8) is 0 Å². The number of aryl methyl sites for hydroxylation is 1. The van der Waals surface area contributed by atoms with Crippen LogP contribution in [-0.4, -0.2) is 18.5 Å². The molecular formula is C24H22O7. The maximum atomic E-state index is 12.9. The van der Waals surface area contributed by atoms with Gasteiger partial charge < -0.3 is 18.6 Å². The molecule has 4 rings (SSSR count). The summed E-state index contributed by atoms with van der Waals surface area (Å²) >= 11 is 0. The van der Waals surface area contributed by atoms with Crippen LogP contribution < -0.4 is 14.9 Å². The molecule has 0 N–H and O–H groups in total. The minimum atomic E-state index is -0.409. The summed E-state index contributed by atoms with van der Waals surface area (Å²) in [5, 5.41) is 0.312. The molecule has 0 unspecified atom stereocenters. The highest BCUT2D eigenvalue weighted by Gasteiger charge is 2.31. The van der Waals surface area contributed by atoms with Gasteiger partial charge in [-0.3, -0.25) is 9.59 Å². The molecule has 0 bridgehead atoms. The Labute approximate surface area is 178 Å². The molecule has 1 aliphatic rings. The Bertz CT molecular complexity index is 1190. The summed E-state index contributed by atoms with van der Waals surface area (Å²) in [6.07, 6.45) is 2.44. The van der Waals surface area contributed by atoms with Crippen molar-refractivity contribution in [3.05, 3.63) is 64.0 Å². The van der Waals surface area contributed by atoms with E-state index in [9.17, 15) is 14.4 Å². The first kappa shape index (κ1) is 20.7. The summed E-state index contributed by atoms with van der Waals surface area (Å²) in [6, 6.07) is 11.0. The van der Waals surface area contributed by atoms with Gasteiger partial charge in [-0.1, -0.05) is 6.92 Å². The molecule has 0 spiro atoms. The molecule has 1 aliphatic carbocycles. The van der Waals surface area contributed by atoms with Crippen molar-refractivity contribution in [2.45, 2.75) is 33.1 Å². The Hall–Kier alpha value is -3.61. The first-order valence-corrected chi connectivity index (χ1v) is 10.2. The standard InChI is InChI=1S/C24H22O7/c1-3-12-28-23(26)15-6-8-17(9-7-15)30-22-14(2)29-20-13-18(10-11-19(20)21(22)25)31-24(27)16-4-5-16/h6-11,13,16H,3-5,12H2,1-2H3. The van der Waals surface area contributed by atoms with Gasteiger partial charge in [-0.15, -0.1) is 0 Å². The van der Waals surface area contributed by atoms with Crippen LogP contribution in [0.5, 0.6) is 17.2 Å². The lowest BCUT2D eigenvalue weighted by molar-refractivity contribution is -0.135. The van der Waals surface area contributed by atoms with Crippen LogP contribution in [0, 0.1) is 12.8 Å². The lowest BCUT2D eigenvalue weighted by Gasteiger charge is -2.10. The molecule has 1 aromatic heterocycles. The number of carbonyl (C=O) groups excluding carboxylic acids is 2. The molecule has 31 heavy (non-hydrogen) atoms. The van der Waals surface area contributed by atoms with Crippen molar-refractivity contribution in [2.75, 3.05) is 6.61 Å². The van der Waals surface area contributed by atoms with Crippen molar-refractivity contribution in [1.82, 2.24) is 0 Å². The third kappa shape index (κ3) is 4.60. The van der Waals surface area contributed by atoms with Crippen molar-refractivity contribution in [2.24, 2.45) is 5.92 Å². The van der Waals surface area contributed by atoms with Gasteiger partial charge in [0.1, 0.15) is 22.8 Å². The molecule has 2 aromatic carbocycles. The normalized spacial score (nSPS) is 13.1. The first-order valence-electron chi connectivity index (χ1n) is 10.2. The molecule has 3 aromatic rings. The molecule has 1 fully saturated rings. The minimum absolute atomic E-state index is 0.0277. The molecule has 0 saturated heterocycles. The zero-order chi connectivity index (χ0) is 22.0. The molecule has 7 nitrogen and oxygen atoms in total. The molecule has 0 atom stereocenters. The Morgan fingerprint density at radius 2 is 1.77 bits per heavy atom. The molecule has 7 heteroatoms. The van der Waals surface area contributed by atoms with Gasteiger partial charge in [0.2, 0.25) is 11.2 Å². The maximum absolute atomic E-state index is 12.9. The largest absolute Gasteiger partial charge is 0.462 e. The number of esters is 2. The predicted octanol–water partition coefficient (Wildman–Crippen LogP) is 4.78. The molecule has 0 aliphatic heterocycles. The second-order valence-electron chi connectivity index (χ2n) is 7.43. The summed E-state index contributed by atoms with van der Waals surface area (Å²) in [5.41, 5.74) is 0.367. The molecule has 0 amide bonds. The van der Waals surface area contributed by atoms with Crippen LogP contribution in [0.1, 0.15) is 42.3 Å². The fraction of sp³-hybridized carbons (Fsp3) is 0.292. The van der Waals surface area contributed by atoms with E-state index >= 15 is 0 Å². The van der Waals surface area contributed by atoms with Crippen LogP contribution in [0.4, 0.5) is 0 Å². The number of hydrogen-bond acceptors (Lipinski definition) is 7. The number of fused-ring (bicyclic) bond motifs is 1. The number of ether oxygens (including phenoxy) is 3. The lowest BCUT2D eigenvalue weighted by atomic mass is 10.2. The fourth-order valence-corrected chi connectivity index (χ4v) is 3.02. The predicted molar refractivity (Wildman–Crippen MR) is 113 cm³/mol. The molecule has 1 heterocycles. The Balaban J connectivity index is 1.55. The highest BCUT2D eigenvalue weighted by molar-refractivity contribution is 5.89. The van der Waals surface area contributed by atoms with Gasteiger partial charge in [0.05, 0.1) is 23.5 Å². The number of carbonyl (C=O) groups is 2. The highest BCUT2D eigenvalue weighted by Crippen LogP contribution is 2.32. The van der Waals surface area contributed by atoms with Gasteiger partial charge in [0, 0.05) is 6.07 Å². The SMILES string of the molecule is CCCOC(=O)c1ccc(Oc2c(C)oc3cc(OC(=O)C4CC4)ccc3c2=O)cc1. The zero-order valence-electron chi connectivity index (χ0n) is 17.3. The van der Waals surface area contributed by atoms with Crippen LogP contribution in [0.15, 0.2) is 51.7 Å². The van der Waals surface area contributed by atoms with E-state index in [1.165, 1.54) is 6.07 Å².